The fourth-order valence-electron chi connectivity index (χ4n) is 4.08. The van der Waals surface area contributed by atoms with Gasteiger partial charge in [-0.25, -0.2) is 9.37 Å². The van der Waals surface area contributed by atoms with Crippen LogP contribution in [0.5, 0.6) is 0 Å². The number of aromatic nitrogens is 5. The second kappa shape index (κ2) is 7.24. The Labute approximate surface area is 176 Å². The van der Waals surface area contributed by atoms with Crippen molar-refractivity contribution in [3.05, 3.63) is 46.5 Å². The molecule has 4 aromatic rings. The van der Waals surface area contributed by atoms with Crippen LogP contribution >= 0.6 is 0 Å². The van der Waals surface area contributed by atoms with Gasteiger partial charge in [-0.3, -0.25) is 9.20 Å². The molecule has 5 rings (SSSR count). The van der Waals surface area contributed by atoms with Crippen molar-refractivity contribution in [3.63, 3.8) is 0 Å². The summed E-state index contributed by atoms with van der Waals surface area (Å²) in [7, 11) is 1.54. The summed E-state index contributed by atoms with van der Waals surface area (Å²) in [5.74, 6) is 0.144. The number of halogens is 1. The molecule has 9 nitrogen and oxygen atoms in total. The van der Waals surface area contributed by atoms with E-state index in [1.165, 1.54) is 23.0 Å². The highest BCUT2D eigenvalue weighted by atomic mass is 19.1. The highest BCUT2D eigenvalue weighted by Gasteiger charge is 2.35. The van der Waals surface area contributed by atoms with Gasteiger partial charge in [0.2, 0.25) is 5.82 Å². The molecule has 1 aliphatic rings. The maximum Gasteiger partial charge on any atom is 0.279 e. The lowest BCUT2D eigenvalue weighted by Crippen LogP contribution is -2.25. The van der Waals surface area contributed by atoms with Crippen LogP contribution in [0.1, 0.15) is 38.6 Å². The topological polar surface area (TPSA) is 96.7 Å². The lowest BCUT2D eigenvalue weighted by molar-refractivity contribution is -0.0207. The summed E-state index contributed by atoms with van der Waals surface area (Å²) < 4.78 is 33.6. The van der Waals surface area contributed by atoms with E-state index in [-0.39, 0.29) is 40.9 Å². The van der Waals surface area contributed by atoms with Crippen LogP contribution in [0.3, 0.4) is 0 Å². The molecule has 4 heterocycles. The second-order valence-electron chi connectivity index (χ2n) is 8.26. The molecule has 1 fully saturated rings. The molecule has 1 saturated heterocycles. The number of ether oxygens (including phenoxy) is 2. The zero-order valence-corrected chi connectivity index (χ0v) is 17.5. The molecule has 0 aliphatic carbocycles. The monoisotopic (exact) mass is 427 g/mol. The molecule has 1 aromatic carbocycles. The Hall–Kier alpha value is -3.11. The summed E-state index contributed by atoms with van der Waals surface area (Å²) in [4.78, 5) is 22.2. The van der Waals surface area contributed by atoms with Crippen molar-refractivity contribution in [3.8, 4) is 11.6 Å². The molecule has 1 atom stereocenters. The Bertz CT molecular complexity index is 1340. The van der Waals surface area contributed by atoms with Crippen molar-refractivity contribution in [2.24, 2.45) is 0 Å². The lowest BCUT2D eigenvalue weighted by atomic mass is 10.1. The van der Waals surface area contributed by atoms with Crippen LogP contribution in [0.4, 0.5) is 4.39 Å². The minimum atomic E-state index is -0.432. The molecule has 0 radical (unpaired) electrons. The minimum absolute atomic E-state index is 0.141. The van der Waals surface area contributed by atoms with Gasteiger partial charge in [0, 0.05) is 13.7 Å². The molecule has 0 N–H and O–H groups in total. The molecular formula is C21H22FN5O4. The van der Waals surface area contributed by atoms with E-state index in [2.05, 4.69) is 15.1 Å². The zero-order valence-electron chi connectivity index (χ0n) is 17.5. The highest BCUT2D eigenvalue weighted by Crippen LogP contribution is 2.38. The number of methoxy groups -OCH3 is 1. The Morgan fingerprint density at radius 3 is 2.90 bits per heavy atom. The van der Waals surface area contributed by atoms with E-state index >= 15 is 0 Å². The Kier molecular flexibility index (Phi) is 4.63. The van der Waals surface area contributed by atoms with E-state index in [1.54, 1.807) is 17.6 Å². The predicted octanol–water partition coefficient (Wildman–Crippen LogP) is 3.11. The van der Waals surface area contributed by atoms with Gasteiger partial charge in [-0.2, -0.15) is 4.98 Å². The summed E-state index contributed by atoms with van der Waals surface area (Å²) in [5, 5.41) is 4.06. The second-order valence-corrected chi connectivity index (χ2v) is 8.26. The fraction of sp³-hybridized carbons (Fsp3) is 0.429. The number of imidazole rings is 1. The third-order valence-corrected chi connectivity index (χ3v) is 5.62. The number of fused-ring (bicyclic) bond motifs is 3. The van der Waals surface area contributed by atoms with Crippen LogP contribution in [-0.2, 0) is 16.0 Å². The Morgan fingerprint density at radius 2 is 2.16 bits per heavy atom. The Balaban J connectivity index is 1.66. The van der Waals surface area contributed by atoms with Crippen LogP contribution in [0, 0.1) is 5.82 Å². The van der Waals surface area contributed by atoms with Gasteiger partial charge in [-0.05, 0) is 44.9 Å². The van der Waals surface area contributed by atoms with Crippen molar-refractivity contribution < 1.29 is 18.4 Å². The van der Waals surface area contributed by atoms with Crippen molar-refractivity contribution >= 4 is 16.6 Å². The summed E-state index contributed by atoms with van der Waals surface area (Å²) >= 11 is 0. The summed E-state index contributed by atoms with van der Waals surface area (Å²) in [5.41, 5.74) is 1.05. The van der Waals surface area contributed by atoms with Gasteiger partial charge in [0.05, 0.1) is 23.2 Å². The first-order valence-corrected chi connectivity index (χ1v) is 10.1. The van der Waals surface area contributed by atoms with Gasteiger partial charge in [0.25, 0.3) is 11.4 Å². The quantitative estimate of drug-likeness (QED) is 0.483. The minimum Gasteiger partial charge on any atom is -0.383 e. The molecule has 10 heteroatoms. The van der Waals surface area contributed by atoms with Crippen molar-refractivity contribution in [1.82, 2.24) is 24.1 Å². The van der Waals surface area contributed by atoms with E-state index in [1.807, 2.05) is 13.8 Å². The van der Waals surface area contributed by atoms with Gasteiger partial charge in [0.1, 0.15) is 23.8 Å². The number of hydrogen-bond acceptors (Lipinski definition) is 7. The molecule has 0 saturated carbocycles. The fourth-order valence-corrected chi connectivity index (χ4v) is 4.08. The number of hydrogen-bond donors (Lipinski definition) is 0. The van der Waals surface area contributed by atoms with Crippen LogP contribution in [0.15, 0.2) is 33.8 Å². The first-order chi connectivity index (χ1) is 14.9. The summed E-state index contributed by atoms with van der Waals surface area (Å²) in [6.45, 7) is 4.60. The maximum atomic E-state index is 13.9. The molecule has 1 unspecified atom stereocenters. The van der Waals surface area contributed by atoms with Crippen LogP contribution in [0.25, 0.3) is 28.1 Å². The molecule has 0 amide bonds. The smallest absolute Gasteiger partial charge is 0.279 e. The SMILES string of the molecule is COCCn1c(=O)c2c(-c3nc(C4CCC(C)(C)O4)no3)ncn2c2ccc(F)cc21. The molecule has 162 valence electrons. The largest absolute Gasteiger partial charge is 0.383 e. The highest BCUT2D eigenvalue weighted by molar-refractivity contribution is 5.83. The molecule has 1 aliphatic heterocycles. The van der Waals surface area contributed by atoms with Crippen molar-refractivity contribution in [2.45, 2.75) is 44.9 Å². The average Bonchev–Trinajstić information content (AvgIpc) is 3.45. The van der Waals surface area contributed by atoms with Gasteiger partial charge in [0.15, 0.2) is 5.69 Å². The average molecular weight is 427 g/mol. The first-order valence-electron chi connectivity index (χ1n) is 10.1. The number of benzene rings is 1. The molecule has 3 aromatic heterocycles. The lowest BCUT2D eigenvalue weighted by Gasteiger charge is -2.17. The van der Waals surface area contributed by atoms with E-state index < -0.39 is 5.82 Å². The molecule has 0 bridgehead atoms. The van der Waals surface area contributed by atoms with Gasteiger partial charge < -0.3 is 18.6 Å². The molecule has 0 spiro atoms. The Morgan fingerprint density at radius 1 is 1.32 bits per heavy atom. The van der Waals surface area contributed by atoms with Gasteiger partial charge in [-0.1, -0.05) is 5.16 Å². The molecular weight excluding hydrogens is 405 g/mol. The van der Waals surface area contributed by atoms with Gasteiger partial charge in [-0.15, -0.1) is 0 Å². The third-order valence-electron chi connectivity index (χ3n) is 5.62. The van der Waals surface area contributed by atoms with E-state index in [9.17, 15) is 9.18 Å². The van der Waals surface area contributed by atoms with Gasteiger partial charge >= 0.3 is 0 Å². The molecule has 31 heavy (non-hydrogen) atoms. The van der Waals surface area contributed by atoms with E-state index in [4.69, 9.17) is 14.0 Å². The third kappa shape index (κ3) is 3.31. The summed E-state index contributed by atoms with van der Waals surface area (Å²) in [6, 6.07) is 4.28. The zero-order chi connectivity index (χ0) is 21.8. The number of nitrogens with zero attached hydrogens (tertiary/aromatic N) is 5. The van der Waals surface area contributed by atoms with E-state index in [0.717, 1.165) is 12.8 Å². The summed E-state index contributed by atoms with van der Waals surface area (Å²) in [6.07, 6.45) is 2.92. The maximum absolute atomic E-state index is 13.9. The van der Waals surface area contributed by atoms with Crippen LogP contribution < -0.4 is 5.56 Å². The van der Waals surface area contributed by atoms with Crippen LogP contribution in [0.2, 0.25) is 0 Å². The standard InChI is InChI=1S/C21H22FN5O4/c1-21(2)7-6-15(30-21)18-24-19(31-25-18)16-17-20(28)26(8-9-29-3)14-10-12(22)4-5-13(14)27(17)11-23-16/h4-5,10-11,15H,6-9H2,1-3H3. The van der Waals surface area contributed by atoms with Crippen LogP contribution in [-0.4, -0.2) is 43.4 Å². The van der Waals surface area contributed by atoms with Crippen molar-refractivity contribution in [1.29, 1.82) is 0 Å². The first kappa shape index (κ1) is 19.8. The van der Waals surface area contributed by atoms with Crippen molar-refractivity contribution in [2.75, 3.05) is 13.7 Å². The number of rotatable bonds is 5. The normalized spacial score (nSPS) is 18.4. The predicted molar refractivity (Wildman–Crippen MR) is 109 cm³/mol. The van der Waals surface area contributed by atoms with E-state index in [0.29, 0.717) is 23.5 Å².